The van der Waals surface area contributed by atoms with Crippen LogP contribution in [0.15, 0.2) is 52.2 Å². The molecular weight excluding hydrogens is 352 g/mol. The molecule has 3 rings (SSSR count). The Morgan fingerprint density at radius 2 is 1.96 bits per heavy atom. The van der Waals surface area contributed by atoms with E-state index in [0.717, 1.165) is 0 Å². The molecule has 0 atom stereocenters. The van der Waals surface area contributed by atoms with Gasteiger partial charge in [-0.15, -0.1) is 10.2 Å². The molecule has 26 heavy (non-hydrogen) atoms. The number of furan rings is 1. The molecule has 0 aliphatic carbocycles. The summed E-state index contributed by atoms with van der Waals surface area (Å²) in [5, 5.41) is 11.8. The van der Waals surface area contributed by atoms with Crippen LogP contribution in [0.1, 0.15) is 24.2 Å². The lowest BCUT2D eigenvalue weighted by molar-refractivity contribution is -0.113. The summed E-state index contributed by atoms with van der Waals surface area (Å²) in [5.74, 6) is 1.31. The highest BCUT2D eigenvalue weighted by Gasteiger charge is 2.16. The van der Waals surface area contributed by atoms with E-state index in [2.05, 4.69) is 15.5 Å². The summed E-state index contributed by atoms with van der Waals surface area (Å²) >= 11 is 1.31. The van der Waals surface area contributed by atoms with Gasteiger partial charge in [0.05, 0.1) is 12.0 Å². The monoisotopic (exact) mass is 370 g/mol. The van der Waals surface area contributed by atoms with E-state index >= 15 is 0 Å². The number of thioether (sulfide) groups is 1. The van der Waals surface area contributed by atoms with Crippen LogP contribution in [0.25, 0.3) is 11.6 Å². The summed E-state index contributed by atoms with van der Waals surface area (Å²) in [4.78, 5) is 23.4. The standard InChI is InChI=1S/C18H18N4O3S/c1-3-22-17(15-5-4-10-25-15)20-21-18(22)26-11-16(24)19-14-8-6-13(7-9-14)12(2)23/h4-10H,3,11H2,1-2H3,(H,19,24). The van der Waals surface area contributed by atoms with E-state index in [1.807, 2.05) is 17.6 Å². The number of rotatable bonds is 7. The van der Waals surface area contributed by atoms with Crippen LogP contribution in [0, 0.1) is 0 Å². The summed E-state index contributed by atoms with van der Waals surface area (Å²) < 4.78 is 7.27. The minimum absolute atomic E-state index is 0.00954. The van der Waals surface area contributed by atoms with Gasteiger partial charge in [-0.05, 0) is 50.2 Å². The highest BCUT2D eigenvalue weighted by atomic mass is 32.2. The first kappa shape index (κ1) is 17.9. The maximum absolute atomic E-state index is 12.2. The van der Waals surface area contributed by atoms with Crippen molar-refractivity contribution in [2.24, 2.45) is 0 Å². The van der Waals surface area contributed by atoms with E-state index in [1.165, 1.54) is 18.7 Å². The van der Waals surface area contributed by atoms with Gasteiger partial charge in [-0.25, -0.2) is 0 Å². The highest BCUT2D eigenvalue weighted by Crippen LogP contribution is 2.24. The number of anilines is 1. The molecule has 2 heterocycles. The maximum Gasteiger partial charge on any atom is 0.234 e. The SMILES string of the molecule is CCn1c(SCC(=O)Nc2ccc(C(C)=O)cc2)nnc1-c1ccco1. The zero-order valence-corrected chi connectivity index (χ0v) is 15.2. The smallest absolute Gasteiger partial charge is 0.234 e. The molecule has 0 spiro atoms. The molecule has 0 fully saturated rings. The molecule has 0 saturated carbocycles. The quantitative estimate of drug-likeness (QED) is 0.506. The second kappa shape index (κ2) is 8.01. The van der Waals surface area contributed by atoms with E-state index in [1.54, 1.807) is 36.6 Å². The van der Waals surface area contributed by atoms with Gasteiger partial charge in [0.15, 0.2) is 22.5 Å². The third-order valence-corrected chi connectivity index (χ3v) is 4.65. The fourth-order valence-electron chi connectivity index (χ4n) is 2.38. The Labute approximate surface area is 154 Å². The molecule has 134 valence electrons. The summed E-state index contributed by atoms with van der Waals surface area (Å²) in [5.41, 5.74) is 1.26. The number of amides is 1. The molecule has 1 aromatic carbocycles. The van der Waals surface area contributed by atoms with Crippen LogP contribution in [0.3, 0.4) is 0 Å². The number of carbonyl (C=O) groups is 2. The third kappa shape index (κ3) is 4.02. The Hall–Kier alpha value is -2.87. The van der Waals surface area contributed by atoms with Crippen LogP contribution in [0.4, 0.5) is 5.69 Å². The summed E-state index contributed by atoms with van der Waals surface area (Å²) in [6.45, 7) is 4.15. The van der Waals surface area contributed by atoms with Crippen molar-refractivity contribution in [3.63, 3.8) is 0 Å². The zero-order valence-electron chi connectivity index (χ0n) is 14.4. The lowest BCUT2D eigenvalue weighted by Crippen LogP contribution is -2.14. The van der Waals surface area contributed by atoms with Gasteiger partial charge in [-0.1, -0.05) is 11.8 Å². The molecule has 1 N–H and O–H groups in total. The fourth-order valence-corrected chi connectivity index (χ4v) is 3.19. The van der Waals surface area contributed by atoms with Crippen LogP contribution < -0.4 is 5.32 Å². The lowest BCUT2D eigenvalue weighted by atomic mass is 10.1. The van der Waals surface area contributed by atoms with Gasteiger partial charge in [-0.2, -0.15) is 0 Å². The van der Waals surface area contributed by atoms with Gasteiger partial charge in [0.1, 0.15) is 0 Å². The number of carbonyl (C=O) groups excluding carboxylic acids is 2. The van der Waals surface area contributed by atoms with Gasteiger partial charge in [0, 0.05) is 17.8 Å². The normalized spacial score (nSPS) is 10.7. The Bertz CT molecular complexity index is 901. The van der Waals surface area contributed by atoms with Gasteiger partial charge in [-0.3, -0.25) is 14.2 Å². The largest absolute Gasteiger partial charge is 0.461 e. The number of ketones is 1. The number of benzene rings is 1. The van der Waals surface area contributed by atoms with Crippen molar-refractivity contribution in [2.45, 2.75) is 25.5 Å². The van der Waals surface area contributed by atoms with Crippen molar-refractivity contribution in [2.75, 3.05) is 11.1 Å². The van der Waals surface area contributed by atoms with Crippen molar-refractivity contribution in [1.82, 2.24) is 14.8 Å². The van der Waals surface area contributed by atoms with Gasteiger partial charge < -0.3 is 9.73 Å². The van der Waals surface area contributed by atoms with Gasteiger partial charge in [0.25, 0.3) is 0 Å². The molecule has 2 aromatic heterocycles. The minimum Gasteiger partial charge on any atom is -0.461 e. The van der Waals surface area contributed by atoms with E-state index in [-0.39, 0.29) is 17.4 Å². The average Bonchev–Trinajstić information content (AvgIpc) is 3.29. The molecule has 7 nitrogen and oxygen atoms in total. The van der Waals surface area contributed by atoms with E-state index < -0.39 is 0 Å². The van der Waals surface area contributed by atoms with Crippen molar-refractivity contribution in [3.05, 3.63) is 48.2 Å². The first-order valence-electron chi connectivity index (χ1n) is 8.09. The van der Waals surface area contributed by atoms with Crippen molar-refractivity contribution < 1.29 is 14.0 Å². The molecule has 0 aliphatic rings. The Morgan fingerprint density at radius 1 is 1.19 bits per heavy atom. The number of nitrogens with one attached hydrogen (secondary N) is 1. The van der Waals surface area contributed by atoms with E-state index in [0.29, 0.717) is 34.5 Å². The lowest BCUT2D eigenvalue weighted by Gasteiger charge is -2.07. The predicted molar refractivity (Wildman–Crippen MR) is 99.2 cm³/mol. The molecule has 0 radical (unpaired) electrons. The third-order valence-electron chi connectivity index (χ3n) is 3.68. The molecule has 0 aliphatic heterocycles. The fraction of sp³-hybridized carbons (Fsp3) is 0.222. The van der Waals surface area contributed by atoms with Gasteiger partial charge in [0.2, 0.25) is 5.91 Å². The van der Waals surface area contributed by atoms with Crippen LogP contribution in [-0.4, -0.2) is 32.2 Å². The second-order valence-electron chi connectivity index (χ2n) is 5.50. The van der Waals surface area contributed by atoms with Gasteiger partial charge >= 0.3 is 0 Å². The molecule has 0 saturated heterocycles. The molecular formula is C18H18N4O3S. The van der Waals surface area contributed by atoms with Crippen LogP contribution in [-0.2, 0) is 11.3 Å². The van der Waals surface area contributed by atoms with Crippen molar-refractivity contribution in [3.8, 4) is 11.6 Å². The first-order valence-corrected chi connectivity index (χ1v) is 9.07. The molecule has 1 amide bonds. The average molecular weight is 370 g/mol. The first-order chi connectivity index (χ1) is 12.6. The highest BCUT2D eigenvalue weighted by molar-refractivity contribution is 7.99. The topological polar surface area (TPSA) is 90.0 Å². The Kier molecular flexibility index (Phi) is 5.52. The second-order valence-corrected chi connectivity index (χ2v) is 6.44. The van der Waals surface area contributed by atoms with Crippen molar-refractivity contribution in [1.29, 1.82) is 0 Å². The molecule has 3 aromatic rings. The number of aromatic nitrogens is 3. The molecule has 0 bridgehead atoms. The van der Waals surface area contributed by atoms with E-state index in [4.69, 9.17) is 4.42 Å². The number of hydrogen-bond acceptors (Lipinski definition) is 6. The minimum atomic E-state index is -0.157. The van der Waals surface area contributed by atoms with Crippen molar-refractivity contribution >= 4 is 29.1 Å². The van der Waals surface area contributed by atoms with Crippen LogP contribution >= 0.6 is 11.8 Å². The molecule has 0 unspecified atom stereocenters. The maximum atomic E-state index is 12.2. The number of Topliss-reactive ketones (excluding diaryl/α,β-unsaturated/α-hetero) is 1. The predicted octanol–water partition coefficient (Wildman–Crippen LogP) is 3.49. The van der Waals surface area contributed by atoms with Crippen LogP contribution in [0.2, 0.25) is 0 Å². The zero-order chi connectivity index (χ0) is 18.5. The Balaban J connectivity index is 1.62. The summed E-state index contributed by atoms with van der Waals surface area (Å²) in [6.07, 6.45) is 1.58. The van der Waals surface area contributed by atoms with E-state index in [9.17, 15) is 9.59 Å². The summed E-state index contributed by atoms with van der Waals surface area (Å²) in [7, 11) is 0. The Morgan fingerprint density at radius 3 is 2.58 bits per heavy atom. The summed E-state index contributed by atoms with van der Waals surface area (Å²) in [6, 6.07) is 10.4. The number of hydrogen-bond donors (Lipinski definition) is 1. The molecule has 8 heteroatoms. The van der Waals surface area contributed by atoms with Crippen LogP contribution in [0.5, 0.6) is 0 Å². The number of nitrogens with zero attached hydrogens (tertiary/aromatic N) is 3.